The molecule has 2 amide bonds. The van der Waals surface area contributed by atoms with Crippen LogP contribution in [0.2, 0.25) is 0 Å². The number of rotatable bonds is 5. The molecule has 1 atom stereocenters. The fourth-order valence-corrected chi connectivity index (χ4v) is 4.24. The summed E-state index contributed by atoms with van der Waals surface area (Å²) in [5.41, 5.74) is 0.830. The summed E-state index contributed by atoms with van der Waals surface area (Å²) in [5, 5.41) is 6.22. The number of piperidine rings is 1. The Morgan fingerprint density at radius 3 is 2.64 bits per heavy atom. The number of carbonyl (C=O) groups excluding carboxylic acids is 2. The molecule has 0 radical (unpaired) electrons. The minimum atomic E-state index is -0.193. The van der Waals surface area contributed by atoms with Crippen LogP contribution in [-0.2, 0) is 9.59 Å². The molecule has 0 aromatic heterocycles. The first kappa shape index (κ1) is 20.7. The van der Waals surface area contributed by atoms with Gasteiger partial charge in [0.25, 0.3) is 0 Å². The molecule has 0 bridgehead atoms. The summed E-state index contributed by atoms with van der Waals surface area (Å²) in [4.78, 5) is 27.0. The van der Waals surface area contributed by atoms with E-state index < -0.39 is 0 Å². The lowest BCUT2D eigenvalue weighted by atomic mass is 9.91. The van der Waals surface area contributed by atoms with E-state index in [1.54, 1.807) is 23.1 Å². The number of ether oxygens (including phenoxy) is 2. The second kappa shape index (κ2) is 8.57. The van der Waals surface area contributed by atoms with Crippen LogP contribution in [0, 0.1) is 11.3 Å². The smallest absolute Gasteiger partial charge is 0.243 e. The van der Waals surface area contributed by atoms with Gasteiger partial charge in [0.2, 0.25) is 11.8 Å². The number of halogens is 1. The molecular weight excluding hydrogens is 382 g/mol. The standard InChI is InChI=1S/C20H27N3O4.ClH/c1-2-23(19(25)15-12-20(15)5-7-21-8-6-20)13-18(24)22-14-3-4-16-17(11-14)27-10-9-26-16;/h3-4,11,15,21H,2,5-10,12-13H2,1H3,(H,22,24);1H. The lowest BCUT2D eigenvalue weighted by molar-refractivity contribution is -0.136. The summed E-state index contributed by atoms with van der Waals surface area (Å²) in [5.74, 6) is 1.33. The first-order chi connectivity index (χ1) is 13.1. The Kier molecular flexibility index (Phi) is 6.35. The predicted molar refractivity (Wildman–Crippen MR) is 108 cm³/mol. The molecule has 1 aliphatic carbocycles. The number of hydrogen-bond donors (Lipinski definition) is 2. The van der Waals surface area contributed by atoms with Crippen molar-refractivity contribution in [1.82, 2.24) is 10.2 Å². The maximum absolute atomic E-state index is 12.9. The van der Waals surface area contributed by atoms with Crippen LogP contribution in [0.3, 0.4) is 0 Å². The highest BCUT2D eigenvalue weighted by Gasteiger charge is 2.58. The summed E-state index contributed by atoms with van der Waals surface area (Å²) in [6.07, 6.45) is 3.09. The van der Waals surface area contributed by atoms with Gasteiger partial charge in [-0.3, -0.25) is 9.59 Å². The molecule has 1 saturated heterocycles. The first-order valence-corrected chi connectivity index (χ1v) is 9.80. The molecule has 2 N–H and O–H groups in total. The SMILES string of the molecule is CCN(CC(=O)Nc1ccc2c(c1)OCCO2)C(=O)C1CC12CCNCC2.Cl. The van der Waals surface area contributed by atoms with Gasteiger partial charge in [-0.25, -0.2) is 0 Å². The van der Waals surface area contributed by atoms with Gasteiger partial charge in [-0.2, -0.15) is 0 Å². The Morgan fingerprint density at radius 2 is 1.93 bits per heavy atom. The van der Waals surface area contributed by atoms with E-state index >= 15 is 0 Å². The molecule has 1 spiro atoms. The summed E-state index contributed by atoms with van der Waals surface area (Å²) in [7, 11) is 0. The molecule has 28 heavy (non-hydrogen) atoms. The van der Waals surface area contributed by atoms with Gasteiger partial charge in [0.05, 0.1) is 6.54 Å². The number of fused-ring (bicyclic) bond motifs is 1. The Morgan fingerprint density at radius 1 is 1.21 bits per heavy atom. The van der Waals surface area contributed by atoms with Crippen LogP contribution in [0.4, 0.5) is 5.69 Å². The van der Waals surface area contributed by atoms with E-state index in [1.165, 1.54) is 0 Å². The van der Waals surface area contributed by atoms with Gasteiger partial charge < -0.3 is 25.0 Å². The fourth-order valence-electron chi connectivity index (χ4n) is 4.24. The van der Waals surface area contributed by atoms with E-state index in [9.17, 15) is 9.59 Å². The van der Waals surface area contributed by atoms with Crippen LogP contribution in [0.15, 0.2) is 18.2 Å². The van der Waals surface area contributed by atoms with Crippen molar-refractivity contribution in [3.05, 3.63) is 18.2 Å². The number of carbonyl (C=O) groups is 2. The van der Waals surface area contributed by atoms with E-state index in [-0.39, 0.29) is 42.1 Å². The van der Waals surface area contributed by atoms with Crippen molar-refractivity contribution < 1.29 is 19.1 Å². The van der Waals surface area contributed by atoms with Gasteiger partial charge in [0, 0.05) is 24.2 Å². The van der Waals surface area contributed by atoms with Crippen molar-refractivity contribution in [2.75, 3.05) is 44.7 Å². The third-order valence-corrected chi connectivity index (χ3v) is 5.94. The number of anilines is 1. The highest BCUT2D eigenvalue weighted by Crippen LogP contribution is 2.59. The highest BCUT2D eigenvalue weighted by molar-refractivity contribution is 5.95. The van der Waals surface area contributed by atoms with Gasteiger partial charge in [0.15, 0.2) is 11.5 Å². The van der Waals surface area contributed by atoms with Crippen LogP contribution < -0.4 is 20.1 Å². The average molecular weight is 410 g/mol. The first-order valence-electron chi connectivity index (χ1n) is 9.80. The van der Waals surface area contributed by atoms with Crippen molar-refractivity contribution in [2.45, 2.75) is 26.2 Å². The zero-order valence-electron chi connectivity index (χ0n) is 16.2. The van der Waals surface area contributed by atoms with Gasteiger partial charge in [0.1, 0.15) is 13.2 Å². The topological polar surface area (TPSA) is 79.9 Å². The maximum Gasteiger partial charge on any atom is 0.243 e. The number of nitrogens with zero attached hydrogens (tertiary/aromatic N) is 1. The van der Waals surface area contributed by atoms with Crippen LogP contribution in [0.25, 0.3) is 0 Å². The number of benzene rings is 1. The van der Waals surface area contributed by atoms with Crippen LogP contribution in [0.1, 0.15) is 26.2 Å². The lowest BCUT2D eigenvalue weighted by Gasteiger charge is -2.26. The van der Waals surface area contributed by atoms with Gasteiger partial charge >= 0.3 is 0 Å². The van der Waals surface area contributed by atoms with Crippen molar-refractivity contribution in [3.8, 4) is 11.5 Å². The van der Waals surface area contributed by atoms with Gasteiger partial charge in [-0.05, 0) is 56.8 Å². The molecule has 1 saturated carbocycles. The average Bonchev–Trinajstić information content (AvgIpc) is 3.38. The van der Waals surface area contributed by atoms with E-state index in [2.05, 4.69) is 10.6 Å². The van der Waals surface area contributed by atoms with Crippen molar-refractivity contribution >= 4 is 29.9 Å². The normalized spacial score (nSPS) is 21.4. The molecule has 2 fully saturated rings. The van der Waals surface area contributed by atoms with Crippen LogP contribution >= 0.6 is 12.4 Å². The largest absolute Gasteiger partial charge is 0.486 e. The molecule has 4 rings (SSSR count). The number of likely N-dealkylation sites (N-methyl/N-ethyl adjacent to an activating group) is 1. The second-order valence-corrected chi connectivity index (χ2v) is 7.63. The predicted octanol–water partition coefficient (Wildman–Crippen LogP) is 2.06. The Balaban J connectivity index is 0.00000225. The van der Waals surface area contributed by atoms with E-state index in [0.717, 1.165) is 32.4 Å². The highest BCUT2D eigenvalue weighted by atomic mass is 35.5. The molecule has 3 aliphatic rings. The Labute approximate surface area is 171 Å². The Bertz CT molecular complexity index is 736. The van der Waals surface area contributed by atoms with E-state index in [1.807, 2.05) is 6.92 Å². The summed E-state index contributed by atoms with van der Waals surface area (Å²) in [6.45, 7) is 5.55. The minimum absolute atomic E-state index is 0. The molecule has 8 heteroatoms. The van der Waals surface area contributed by atoms with Crippen LogP contribution in [0.5, 0.6) is 11.5 Å². The van der Waals surface area contributed by atoms with Crippen molar-refractivity contribution in [1.29, 1.82) is 0 Å². The molecule has 1 aromatic rings. The van der Waals surface area contributed by atoms with E-state index in [0.29, 0.717) is 36.9 Å². The van der Waals surface area contributed by atoms with Crippen molar-refractivity contribution in [2.24, 2.45) is 11.3 Å². The minimum Gasteiger partial charge on any atom is -0.486 e. The molecular formula is C20H28ClN3O4. The zero-order chi connectivity index (χ0) is 18.9. The number of hydrogen-bond acceptors (Lipinski definition) is 5. The quantitative estimate of drug-likeness (QED) is 0.778. The second-order valence-electron chi connectivity index (χ2n) is 7.63. The lowest BCUT2D eigenvalue weighted by Crippen LogP contribution is -2.40. The molecule has 2 aliphatic heterocycles. The van der Waals surface area contributed by atoms with Crippen molar-refractivity contribution in [3.63, 3.8) is 0 Å². The molecule has 7 nitrogen and oxygen atoms in total. The monoisotopic (exact) mass is 409 g/mol. The zero-order valence-corrected chi connectivity index (χ0v) is 17.0. The van der Waals surface area contributed by atoms with Crippen LogP contribution in [-0.4, -0.2) is 56.1 Å². The van der Waals surface area contributed by atoms with Gasteiger partial charge in [-0.1, -0.05) is 0 Å². The van der Waals surface area contributed by atoms with E-state index in [4.69, 9.17) is 9.47 Å². The number of amides is 2. The third kappa shape index (κ3) is 4.20. The summed E-state index contributed by atoms with van der Waals surface area (Å²) in [6, 6.07) is 5.34. The third-order valence-electron chi connectivity index (χ3n) is 5.94. The summed E-state index contributed by atoms with van der Waals surface area (Å²) < 4.78 is 11.0. The molecule has 2 heterocycles. The van der Waals surface area contributed by atoms with Gasteiger partial charge in [-0.15, -0.1) is 12.4 Å². The Hall–Kier alpha value is -1.99. The molecule has 1 aromatic carbocycles. The molecule has 1 unspecified atom stereocenters. The maximum atomic E-state index is 12.9. The summed E-state index contributed by atoms with van der Waals surface area (Å²) >= 11 is 0. The fraction of sp³-hybridized carbons (Fsp3) is 0.600. The molecule has 154 valence electrons. The number of nitrogens with one attached hydrogen (secondary N) is 2.